The highest BCUT2D eigenvalue weighted by Gasteiger charge is 2.41. The van der Waals surface area contributed by atoms with Gasteiger partial charge in [0.1, 0.15) is 18.1 Å². The quantitative estimate of drug-likeness (QED) is 0.0997. The highest BCUT2D eigenvalue weighted by molar-refractivity contribution is 7.55. The van der Waals surface area contributed by atoms with Crippen LogP contribution in [0, 0.1) is 0 Å². The van der Waals surface area contributed by atoms with Gasteiger partial charge in [-0.3, -0.25) is 14.5 Å². The van der Waals surface area contributed by atoms with E-state index >= 15 is 0 Å². The Morgan fingerprint density at radius 3 is 1.72 bits per heavy atom. The maximum absolute atomic E-state index is 14.5. The Morgan fingerprint density at radius 2 is 1.19 bits per heavy atom. The molecular weight excluding hydrogens is 567 g/mol. The Morgan fingerprint density at radius 1 is 0.698 bits per heavy atom. The molecule has 1 heterocycles. The second-order valence-electron chi connectivity index (χ2n) is 9.87. The number of imide groups is 1. The number of carbonyl (C=O) groups excluding carboxylic acids is 3. The number of nitrogens with zero attached hydrogens (tertiary/aromatic N) is 1. The number of amides is 3. The zero-order valence-electron chi connectivity index (χ0n) is 23.3. The van der Waals surface area contributed by atoms with Crippen LogP contribution in [0.5, 0.6) is 11.5 Å². The lowest BCUT2D eigenvalue weighted by Crippen LogP contribution is -2.38. The fourth-order valence-corrected chi connectivity index (χ4v) is 6.55. The van der Waals surface area contributed by atoms with Crippen LogP contribution < -0.4 is 14.4 Å². The molecule has 1 aliphatic rings. The van der Waals surface area contributed by atoms with Crippen molar-refractivity contribution in [3.63, 3.8) is 0 Å². The summed E-state index contributed by atoms with van der Waals surface area (Å²) in [4.78, 5) is 39.7. The summed E-state index contributed by atoms with van der Waals surface area (Å²) in [5, 5.41) is 2.71. The van der Waals surface area contributed by atoms with Crippen LogP contribution in [-0.2, 0) is 15.9 Å². The van der Waals surface area contributed by atoms with Gasteiger partial charge in [0, 0.05) is 6.54 Å². The summed E-state index contributed by atoms with van der Waals surface area (Å²) < 4.78 is 31.9. The SMILES string of the molecule is O=C(N[C@H](CCCCN1C(=O)c2ccccc2C1=O)P(=O)(Oc1ccccc1)Oc1ccccc1)OCc1ccccc1. The molecule has 220 valence electrons. The Labute approximate surface area is 249 Å². The molecule has 0 bridgehead atoms. The lowest BCUT2D eigenvalue weighted by molar-refractivity contribution is 0.0651. The average molecular weight is 599 g/mol. The van der Waals surface area contributed by atoms with Gasteiger partial charge in [0.15, 0.2) is 5.78 Å². The normalized spacial score (nSPS) is 13.3. The number of nitrogens with one attached hydrogen (secondary N) is 1. The number of fused-ring (bicyclic) bond motifs is 1. The number of hydrogen-bond acceptors (Lipinski definition) is 7. The maximum Gasteiger partial charge on any atom is 0.453 e. The van der Waals surface area contributed by atoms with Crippen molar-refractivity contribution in [1.82, 2.24) is 10.2 Å². The van der Waals surface area contributed by atoms with E-state index in [0.29, 0.717) is 35.5 Å². The molecule has 9 nitrogen and oxygen atoms in total. The lowest BCUT2D eigenvalue weighted by atomic mass is 10.1. The van der Waals surface area contributed by atoms with Gasteiger partial charge in [-0.2, -0.15) is 0 Å². The standard InChI is InChI=1S/C33H31N2O7P/c36-31-28-20-10-11-21-29(28)32(37)35(31)23-13-12-22-30(34-33(38)40-24-25-14-4-1-5-15-25)43(39,41-26-16-6-2-7-17-26)42-27-18-8-3-9-19-27/h1-11,14-21,30H,12-13,22-24H2,(H,34,38)/t30-/m0/s1. The summed E-state index contributed by atoms with van der Waals surface area (Å²) in [6.45, 7) is 0.184. The minimum atomic E-state index is -4.12. The Hall–Kier alpha value is -4.88. The third-order valence-corrected chi connectivity index (χ3v) is 8.90. The highest BCUT2D eigenvalue weighted by Crippen LogP contribution is 2.53. The zero-order valence-corrected chi connectivity index (χ0v) is 24.2. The summed E-state index contributed by atoms with van der Waals surface area (Å²) in [6, 6.07) is 33.0. The number of carbonyl (C=O) groups is 3. The van der Waals surface area contributed by atoms with Crippen LogP contribution in [0.25, 0.3) is 0 Å². The molecule has 10 heteroatoms. The van der Waals surface area contributed by atoms with Gasteiger partial charge in [-0.25, -0.2) is 9.36 Å². The number of hydrogen-bond donors (Lipinski definition) is 1. The van der Waals surface area contributed by atoms with E-state index < -0.39 is 19.5 Å². The highest BCUT2D eigenvalue weighted by atomic mass is 31.2. The van der Waals surface area contributed by atoms with Crippen molar-refractivity contribution >= 4 is 25.5 Å². The first kappa shape index (κ1) is 29.6. The van der Waals surface area contributed by atoms with E-state index in [2.05, 4.69) is 5.32 Å². The predicted molar refractivity (Wildman–Crippen MR) is 161 cm³/mol. The van der Waals surface area contributed by atoms with Crippen LogP contribution >= 0.6 is 7.60 Å². The van der Waals surface area contributed by atoms with Crippen LogP contribution in [0.1, 0.15) is 45.5 Å². The summed E-state index contributed by atoms with van der Waals surface area (Å²) in [5.41, 5.74) is 1.55. The van der Waals surface area contributed by atoms with Gasteiger partial charge in [0.25, 0.3) is 11.8 Å². The molecule has 1 aliphatic heterocycles. The van der Waals surface area contributed by atoms with Crippen molar-refractivity contribution < 1.29 is 32.7 Å². The summed E-state index contributed by atoms with van der Waals surface area (Å²) in [5.74, 6) is -1.19. The van der Waals surface area contributed by atoms with E-state index in [1.54, 1.807) is 84.9 Å². The first-order chi connectivity index (χ1) is 20.9. The molecule has 0 saturated carbocycles. The summed E-state index contributed by atoms with van der Waals surface area (Å²) >= 11 is 0. The van der Waals surface area contributed by atoms with E-state index in [9.17, 15) is 18.9 Å². The van der Waals surface area contributed by atoms with Crippen molar-refractivity contribution in [2.75, 3.05) is 6.54 Å². The van der Waals surface area contributed by atoms with E-state index in [0.717, 1.165) is 5.56 Å². The first-order valence-electron chi connectivity index (χ1n) is 13.9. The molecule has 43 heavy (non-hydrogen) atoms. The second-order valence-corrected chi connectivity index (χ2v) is 11.9. The van der Waals surface area contributed by atoms with E-state index in [1.807, 2.05) is 30.3 Å². The minimum absolute atomic E-state index is 0.0164. The molecule has 0 spiro atoms. The molecule has 0 aromatic heterocycles. The number of benzene rings is 4. The van der Waals surface area contributed by atoms with Gasteiger partial charge < -0.3 is 19.1 Å². The Kier molecular flexibility index (Phi) is 9.54. The number of rotatable bonds is 13. The van der Waals surface area contributed by atoms with Crippen molar-refractivity contribution in [2.45, 2.75) is 31.7 Å². The van der Waals surface area contributed by atoms with Crippen LogP contribution in [0.15, 0.2) is 115 Å². The zero-order chi connectivity index (χ0) is 30.1. The Bertz CT molecular complexity index is 1520. The maximum atomic E-state index is 14.5. The van der Waals surface area contributed by atoms with Gasteiger partial charge in [0.2, 0.25) is 0 Å². The molecule has 1 atom stereocenters. The van der Waals surface area contributed by atoms with Gasteiger partial charge in [-0.1, -0.05) is 78.9 Å². The molecule has 0 unspecified atom stereocenters. The van der Waals surface area contributed by atoms with Gasteiger partial charge in [0.05, 0.1) is 11.1 Å². The number of alkyl carbamates (subject to hydrolysis) is 1. The smallest absolute Gasteiger partial charge is 0.445 e. The number of ether oxygens (including phenoxy) is 1. The molecule has 0 aliphatic carbocycles. The molecule has 5 rings (SSSR count). The molecule has 3 amide bonds. The minimum Gasteiger partial charge on any atom is -0.445 e. The monoisotopic (exact) mass is 598 g/mol. The fourth-order valence-electron chi connectivity index (χ4n) is 4.66. The average Bonchev–Trinajstić information content (AvgIpc) is 3.27. The summed E-state index contributed by atoms with van der Waals surface area (Å²) in [6.07, 6.45) is 0.153. The molecule has 1 N–H and O–H groups in total. The van der Waals surface area contributed by atoms with Crippen LogP contribution in [0.3, 0.4) is 0 Å². The molecule has 4 aromatic carbocycles. The molecule has 4 aromatic rings. The molecule has 0 fully saturated rings. The first-order valence-corrected chi connectivity index (χ1v) is 15.6. The number of para-hydroxylation sites is 2. The number of unbranched alkanes of at least 4 members (excludes halogenated alkanes) is 1. The van der Waals surface area contributed by atoms with E-state index in [-0.39, 0.29) is 31.4 Å². The van der Waals surface area contributed by atoms with E-state index in [4.69, 9.17) is 13.8 Å². The second kappa shape index (κ2) is 13.9. The van der Waals surface area contributed by atoms with Crippen LogP contribution in [0.2, 0.25) is 0 Å². The van der Waals surface area contributed by atoms with Crippen molar-refractivity contribution in [3.05, 3.63) is 132 Å². The topological polar surface area (TPSA) is 111 Å². The Balaban J connectivity index is 1.32. The predicted octanol–water partition coefficient (Wildman–Crippen LogP) is 7.06. The fraction of sp³-hybridized carbons (Fsp3) is 0.182. The van der Waals surface area contributed by atoms with Gasteiger partial charge in [-0.05, 0) is 61.2 Å². The summed E-state index contributed by atoms with van der Waals surface area (Å²) in [7, 11) is -4.12. The largest absolute Gasteiger partial charge is 0.453 e. The third-order valence-electron chi connectivity index (χ3n) is 6.82. The lowest BCUT2D eigenvalue weighted by Gasteiger charge is -2.28. The van der Waals surface area contributed by atoms with Crippen molar-refractivity contribution in [1.29, 1.82) is 0 Å². The van der Waals surface area contributed by atoms with Crippen molar-refractivity contribution in [2.24, 2.45) is 0 Å². The molecule has 0 radical (unpaired) electrons. The van der Waals surface area contributed by atoms with Gasteiger partial charge in [-0.15, -0.1) is 0 Å². The third kappa shape index (κ3) is 7.50. The van der Waals surface area contributed by atoms with Gasteiger partial charge >= 0.3 is 13.7 Å². The van der Waals surface area contributed by atoms with Crippen LogP contribution in [0.4, 0.5) is 4.79 Å². The van der Waals surface area contributed by atoms with Crippen molar-refractivity contribution in [3.8, 4) is 11.5 Å². The molecule has 0 saturated heterocycles. The van der Waals surface area contributed by atoms with E-state index in [1.165, 1.54) is 4.90 Å². The molecular formula is C33H31N2O7P. The van der Waals surface area contributed by atoms with Crippen LogP contribution in [-0.4, -0.2) is 35.1 Å².